The van der Waals surface area contributed by atoms with Crippen LogP contribution >= 0.6 is 0 Å². The van der Waals surface area contributed by atoms with E-state index in [-0.39, 0.29) is 6.61 Å². The molecule has 1 N–H and O–H groups in total. The van der Waals surface area contributed by atoms with Crippen LogP contribution in [0.5, 0.6) is 0 Å². The van der Waals surface area contributed by atoms with Crippen LogP contribution in [0.3, 0.4) is 0 Å². The van der Waals surface area contributed by atoms with Crippen LogP contribution in [-0.4, -0.2) is 18.8 Å². The third-order valence-corrected chi connectivity index (χ3v) is 1.76. The van der Waals surface area contributed by atoms with Crippen LogP contribution in [0.2, 0.25) is 0 Å². The molecule has 0 aromatic heterocycles. The number of aliphatic hydroxyl groups excluding tert-OH is 1. The van der Waals surface area contributed by atoms with E-state index in [1.165, 1.54) is 0 Å². The normalized spacial score (nSPS) is 10.9. The fourth-order valence-corrected chi connectivity index (χ4v) is 1.16. The van der Waals surface area contributed by atoms with Gasteiger partial charge in [-0.1, -0.05) is 36.4 Å². The van der Waals surface area contributed by atoms with Gasteiger partial charge in [-0.3, -0.25) is 0 Å². The first kappa shape index (κ1) is 9.96. The second-order valence-electron chi connectivity index (χ2n) is 2.72. The summed E-state index contributed by atoms with van der Waals surface area (Å²) in [6.07, 6.45) is 3.61. The molecule has 0 aliphatic heterocycles. The lowest BCUT2D eigenvalue weighted by molar-refractivity contribution is 0.184. The predicted molar refractivity (Wildman–Crippen MR) is 53.3 cm³/mol. The molecule has 70 valence electrons. The summed E-state index contributed by atoms with van der Waals surface area (Å²) in [4.78, 5) is 0. The van der Waals surface area contributed by atoms with Crippen molar-refractivity contribution in [2.75, 3.05) is 13.7 Å². The van der Waals surface area contributed by atoms with Crippen LogP contribution in [-0.2, 0) is 11.3 Å². The van der Waals surface area contributed by atoms with Crippen molar-refractivity contribution in [3.8, 4) is 0 Å². The van der Waals surface area contributed by atoms with Crippen LogP contribution in [0.1, 0.15) is 11.1 Å². The molecule has 0 spiro atoms. The Morgan fingerprint density at radius 3 is 2.85 bits per heavy atom. The lowest BCUT2D eigenvalue weighted by Crippen LogP contribution is -1.90. The van der Waals surface area contributed by atoms with Crippen molar-refractivity contribution in [2.45, 2.75) is 6.61 Å². The van der Waals surface area contributed by atoms with Crippen LogP contribution in [0, 0.1) is 0 Å². The number of ether oxygens (including phenoxy) is 1. The van der Waals surface area contributed by atoms with E-state index in [9.17, 15) is 0 Å². The van der Waals surface area contributed by atoms with Gasteiger partial charge in [0.2, 0.25) is 0 Å². The van der Waals surface area contributed by atoms with Gasteiger partial charge < -0.3 is 9.84 Å². The fraction of sp³-hybridized carbons (Fsp3) is 0.273. The van der Waals surface area contributed by atoms with Crippen molar-refractivity contribution in [3.63, 3.8) is 0 Å². The summed E-state index contributed by atoms with van der Waals surface area (Å²) in [7, 11) is 1.67. The third kappa shape index (κ3) is 3.01. The molecule has 0 unspecified atom stereocenters. The molecule has 0 aliphatic rings. The topological polar surface area (TPSA) is 29.5 Å². The molecule has 1 aromatic carbocycles. The average Bonchev–Trinajstić information content (AvgIpc) is 2.17. The Bertz CT molecular complexity index is 279. The molecule has 0 saturated heterocycles. The van der Waals surface area contributed by atoms with Crippen LogP contribution in [0.15, 0.2) is 30.3 Å². The summed E-state index contributed by atoms with van der Waals surface area (Å²) >= 11 is 0. The van der Waals surface area contributed by atoms with Gasteiger partial charge in [0.1, 0.15) is 0 Å². The zero-order chi connectivity index (χ0) is 9.52. The second kappa shape index (κ2) is 5.51. The number of aliphatic hydroxyl groups is 1. The maximum Gasteiger partial charge on any atom is 0.0718 e. The first-order valence-corrected chi connectivity index (χ1v) is 4.22. The van der Waals surface area contributed by atoms with Gasteiger partial charge in [0.15, 0.2) is 0 Å². The Hall–Kier alpha value is -1.12. The molecule has 0 saturated carbocycles. The lowest BCUT2D eigenvalue weighted by Gasteiger charge is -2.03. The minimum absolute atomic E-state index is 0.0708. The maximum atomic E-state index is 8.63. The van der Waals surface area contributed by atoms with Crippen molar-refractivity contribution >= 4 is 6.08 Å². The summed E-state index contributed by atoms with van der Waals surface area (Å²) in [5, 5.41) is 8.63. The zero-order valence-electron chi connectivity index (χ0n) is 7.73. The highest BCUT2D eigenvalue weighted by Gasteiger charge is 1.96. The largest absolute Gasteiger partial charge is 0.392 e. The van der Waals surface area contributed by atoms with E-state index in [0.717, 1.165) is 11.1 Å². The quantitative estimate of drug-likeness (QED) is 0.762. The van der Waals surface area contributed by atoms with Crippen LogP contribution in [0.4, 0.5) is 0 Å². The molecule has 13 heavy (non-hydrogen) atoms. The molecule has 0 fully saturated rings. The molecule has 1 rings (SSSR count). The van der Waals surface area contributed by atoms with E-state index in [1.807, 2.05) is 30.3 Å². The maximum absolute atomic E-state index is 8.63. The highest BCUT2D eigenvalue weighted by atomic mass is 16.5. The summed E-state index contributed by atoms with van der Waals surface area (Å²) in [5.74, 6) is 0. The summed E-state index contributed by atoms with van der Waals surface area (Å²) in [5.41, 5.74) is 2.23. The highest BCUT2D eigenvalue weighted by molar-refractivity contribution is 5.53. The molecule has 0 bridgehead atoms. The highest BCUT2D eigenvalue weighted by Crippen LogP contribution is 2.11. The second-order valence-corrected chi connectivity index (χ2v) is 2.72. The van der Waals surface area contributed by atoms with E-state index in [0.29, 0.717) is 6.61 Å². The Kier molecular flexibility index (Phi) is 4.23. The number of benzene rings is 1. The molecule has 2 heteroatoms. The van der Waals surface area contributed by atoms with Gasteiger partial charge in [-0.2, -0.15) is 0 Å². The van der Waals surface area contributed by atoms with Crippen molar-refractivity contribution in [1.29, 1.82) is 0 Å². The fourth-order valence-electron chi connectivity index (χ4n) is 1.16. The Balaban J connectivity index is 2.84. The molecule has 2 nitrogen and oxygen atoms in total. The van der Waals surface area contributed by atoms with Crippen molar-refractivity contribution < 1.29 is 9.84 Å². The Morgan fingerprint density at radius 2 is 2.15 bits per heavy atom. The average molecular weight is 178 g/mol. The first-order chi connectivity index (χ1) is 6.38. The molecular weight excluding hydrogens is 164 g/mol. The first-order valence-electron chi connectivity index (χ1n) is 4.22. The van der Waals surface area contributed by atoms with Crippen LogP contribution in [0.25, 0.3) is 6.08 Å². The van der Waals surface area contributed by atoms with Crippen LogP contribution < -0.4 is 0 Å². The van der Waals surface area contributed by atoms with Crippen molar-refractivity contribution in [1.82, 2.24) is 0 Å². The molecule has 0 heterocycles. The molecule has 0 aliphatic carbocycles. The molecule has 0 atom stereocenters. The monoisotopic (exact) mass is 178 g/mol. The Labute approximate surface area is 78.5 Å². The molecular formula is C11H14O2. The summed E-state index contributed by atoms with van der Waals surface area (Å²) in [6, 6.07) is 7.96. The number of methoxy groups -OCH3 is 1. The van der Waals surface area contributed by atoms with E-state index >= 15 is 0 Å². The minimum atomic E-state index is 0.0708. The zero-order valence-corrected chi connectivity index (χ0v) is 7.73. The SMILES string of the molecule is COCc1ccccc1C=CCO. The molecule has 0 amide bonds. The van der Waals surface area contributed by atoms with Gasteiger partial charge in [-0.15, -0.1) is 0 Å². The van der Waals surface area contributed by atoms with Gasteiger partial charge >= 0.3 is 0 Å². The summed E-state index contributed by atoms with van der Waals surface area (Å²) in [6.45, 7) is 0.674. The van der Waals surface area contributed by atoms with E-state index < -0.39 is 0 Å². The van der Waals surface area contributed by atoms with Gasteiger partial charge in [0.25, 0.3) is 0 Å². The predicted octanol–water partition coefficient (Wildman–Crippen LogP) is 1.84. The Morgan fingerprint density at radius 1 is 1.38 bits per heavy atom. The van der Waals surface area contributed by atoms with Crippen molar-refractivity contribution in [2.24, 2.45) is 0 Å². The van der Waals surface area contributed by atoms with E-state index in [4.69, 9.17) is 9.84 Å². The van der Waals surface area contributed by atoms with E-state index in [1.54, 1.807) is 13.2 Å². The minimum Gasteiger partial charge on any atom is -0.392 e. The smallest absolute Gasteiger partial charge is 0.0718 e. The van der Waals surface area contributed by atoms with Gasteiger partial charge in [0, 0.05) is 7.11 Å². The number of rotatable bonds is 4. The molecule has 0 radical (unpaired) electrons. The van der Waals surface area contributed by atoms with Crippen molar-refractivity contribution in [3.05, 3.63) is 41.5 Å². The van der Waals surface area contributed by atoms with E-state index in [2.05, 4.69) is 0 Å². The third-order valence-electron chi connectivity index (χ3n) is 1.76. The lowest BCUT2D eigenvalue weighted by atomic mass is 10.1. The number of hydrogen-bond acceptors (Lipinski definition) is 2. The van der Waals surface area contributed by atoms with Gasteiger partial charge in [0.05, 0.1) is 13.2 Å². The summed E-state index contributed by atoms with van der Waals surface area (Å²) < 4.78 is 5.05. The van der Waals surface area contributed by atoms with Gasteiger partial charge in [-0.25, -0.2) is 0 Å². The number of hydrogen-bond donors (Lipinski definition) is 1. The van der Waals surface area contributed by atoms with Gasteiger partial charge in [-0.05, 0) is 11.1 Å². The molecule has 1 aromatic rings. The standard InChI is InChI=1S/C11H14O2/c1-13-9-11-6-3-2-5-10(11)7-4-8-12/h2-7,12H,8-9H2,1H3.